The Morgan fingerprint density at radius 2 is 2.12 bits per heavy atom. The van der Waals surface area contributed by atoms with E-state index in [9.17, 15) is 9.50 Å². The summed E-state index contributed by atoms with van der Waals surface area (Å²) in [4.78, 5) is 0. The molecule has 1 fully saturated rings. The third-order valence-corrected chi connectivity index (χ3v) is 3.30. The Bertz CT molecular complexity index is 400. The molecule has 1 aromatic rings. The average molecular weight is 240 g/mol. The van der Waals surface area contributed by atoms with Crippen LogP contribution in [0.3, 0.4) is 0 Å². The van der Waals surface area contributed by atoms with E-state index in [1.54, 1.807) is 19.2 Å². The minimum absolute atomic E-state index is 0.128. The summed E-state index contributed by atoms with van der Waals surface area (Å²) < 4.78 is 23.4. The molecule has 1 N–H and O–H groups in total. The van der Waals surface area contributed by atoms with Crippen molar-refractivity contribution in [1.82, 2.24) is 0 Å². The van der Waals surface area contributed by atoms with E-state index >= 15 is 0 Å². The van der Waals surface area contributed by atoms with Crippen molar-refractivity contribution in [1.29, 1.82) is 0 Å². The Balaban J connectivity index is 2.02. The molecule has 1 aliphatic carbocycles. The lowest BCUT2D eigenvalue weighted by Crippen LogP contribution is -2.49. The zero-order valence-corrected chi connectivity index (χ0v) is 10.1. The monoisotopic (exact) mass is 240 g/mol. The van der Waals surface area contributed by atoms with E-state index < -0.39 is 11.4 Å². The van der Waals surface area contributed by atoms with E-state index in [0.717, 1.165) is 5.56 Å². The molecule has 0 unspecified atom stereocenters. The van der Waals surface area contributed by atoms with Gasteiger partial charge in [0.25, 0.3) is 0 Å². The van der Waals surface area contributed by atoms with Crippen LogP contribution in [0.4, 0.5) is 4.39 Å². The van der Waals surface area contributed by atoms with Crippen molar-refractivity contribution in [2.45, 2.75) is 31.0 Å². The lowest BCUT2D eigenvalue weighted by Gasteiger charge is -2.42. The number of benzene rings is 1. The molecule has 1 saturated carbocycles. The number of hydrogen-bond acceptors (Lipinski definition) is 3. The summed E-state index contributed by atoms with van der Waals surface area (Å²) >= 11 is 0. The highest BCUT2D eigenvalue weighted by molar-refractivity contribution is 5.30. The summed E-state index contributed by atoms with van der Waals surface area (Å²) in [6, 6.07) is 4.78. The molecule has 0 radical (unpaired) electrons. The quantitative estimate of drug-likeness (QED) is 0.873. The highest BCUT2D eigenvalue weighted by Crippen LogP contribution is 2.37. The maximum atomic E-state index is 13.5. The molecule has 0 bridgehead atoms. The molecule has 4 heteroatoms. The van der Waals surface area contributed by atoms with Gasteiger partial charge in [0.1, 0.15) is 0 Å². The van der Waals surface area contributed by atoms with Gasteiger partial charge in [-0.1, -0.05) is 6.07 Å². The summed E-state index contributed by atoms with van der Waals surface area (Å²) in [5.74, 6) is -0.166. The number of hydrogen-bond donors (Lipinski definition) is 1. The smallest absolute Gasteiger partial charge is 0.165 e. The minimum atomic E-state index is -0.748. The number of halogens is 1. The first-order chi connectivity index (χ1) is 8.06. The summed E-state index contributed by atoms with van der Waals surface area (Å²) in [5, 5.41) is 10.1. The molecule has 3 nitrogen and oxygen atoms in total. The second-order valence-electron chi connectivity index (χ2n) is 4.64. The van der Waals surface area contributed by atoms with Crippen LogP contribution in [0.15, 0.2) is 18.2 Å². The summed E-state index contributed by atoms with van der Waals surface area (Å²) in [5.41, 5.74) is 0.0298. The van der Waals surface area contributed by atoms with Crippen molar-refractivity contribution in [3.63, 3.8) is 0 Å². The molecule has 0 heterocycles. The van der Waals surface area contributed by atoms with Gasteiger partial charge >= 0.3 is 0 Å². The predicted molar refractivity (Wildman–Crippen MR) is 61.6 cm³/mol. The molecular weight excluding hydrogens is 223 g/mol. The maximum Gasteiger partial charge on any atom is 0.165 e. The topological polar surface area (TPSA) is 38.7 Å². The number of rotatable bonds is 4. The van der Waals surface area contributed by atoms with Crippen LogP contribution >= 0.6 is 0 Å². The van der Waals surface area contributed by atoms with Gasteiger partial charge in [0.05, 0.1) is 18.8 Å². The van der Waals surface area contributed by atoms with E-state index in [1.165, 1.54) is 13.2 Å². The molecule has 2 rings (SSSR count). The second kappa shape index (κ2) is 4.63. The van der Waals surface area contributed by atoms with Crippen molar-refractivity contribution < 1.29 is 19.0 Å². The van der Waals surface area contributed by atoms with Gasteiger partial charge in [-0.15, -0.1) is 0 Å². The third kappa shape index (κ3) is 2.58. The third-order valence-electron chi connectivity index (χ3n) is 3.30. The van der Waals surface area contributed by atoms with Crippen molar-refractivity contribution in [2.24, 2.45) is 0 Å². The van der Waals surface area contributed by atoms with Gasteiger partial charge in [0.2, 0.25) is 0 Å². The molecular formula is C13H17FO3. The highest BCUT2D eigenvalue weighted by Gasteiger charge is 2.42. The molecule has 0 spiro atoms. The maximum absolute atomic E-state index is 13.5. The van der Waals surface area contributed by atoms with E-state index in [2.05, 4.69) is 0 Å². The lowest BCUT2D eigenvalue weighted by atomic mass is 9.74. The fraction of sp³-hybridized carbons (Fsp3) is 0.538. The van der Waals surface area contributed by atoms with E-state index in [0.29, 0.717) is 19.3 Å². The minimum Gasteiger partial charge on any atom is -0.494 e. The molecule has 1 aliphatic rings. The Morgan fingerprint density at radius 1 is 1.41 bits per heavy atom. The van der Waals surface area contributed by atoms with Crippen LogP contribution in [0.2, 0.25) is 0 Å². The Morgan fingerprint density at radius 3 is 2.65 bits per heavy atom. The zero-order chi connectivity index (χ0) is 12.5. The van der Waals surface area contributed by atoms with Crippen molar-refractivity contribution in [3.05, 3.63) is 29.6 Å². The SMILES string of the molecule is COc1ccc(CC2(O)CC(OC)C2)cc1F. The van der Waals surface area contributed by atoms with E-state index in [-0.39, 0.29) is 11.9 Å². The number of aliphatic hydroxyl groups is 1. The first-order valence-corrected chi connectivity index (χ1v) is 5.64. The van der Waals surface area contributed by atoms with Crippen LogP contribution < -0.4 is 4.74 Å². The molecule has 94 valence electrons. The van der Waals surface area contributed by atoms with Crippen LogP contribution in [0.1, 0.15) is 18.4 Å². The van der Waals surface area contributed by atoms with Crippen LogP contribution in [0.5, 0.6) is 5.75 Å². The lowest BCUT2D eigenvalue weighted by molar-refractivity contribution is -0.126. The van der Waals surface area contributed by atoms with Gasteiger partial charge < -0.3 is 14.6 Å². The molecule has 0 amide bonds. The van der Waals surface area contributed by atoms with Gasteiger partial charge in [-0.2, -0.15) is 0 Å². The fourth-order valence-electron chi connectivity index (χ4n) is 2.30. The van der Waals surface area contributed by atoms with Crippen molar-refractivity contribution in [3.8, 4) is 5.75 Å². The van der Waals surface area contributed by atoms with Gasteiger partial charge in [0.15, 0.2) is 11.6 Å². The van der Waals surface area contributed by atoms with Crippen LogP contribution in [-0.2, 0) is 11.2 Å². The van der Waals surface area contributed by atoms with Gasteiger partial charge in [0, 0.05) is 26.4 Å². The van der Waals surface area contributed by atoms with Crippen LogP contribution in [0, 0.1) is 5.82 Å². The van der Waals surface area contributed by atoms with Crippen molar-refractivity contribution in [2.75, 3.05) is 14.2 Å². The molecule has 0 aromatic heterocycles. The predicted octanol–water partition coefficient (Wildman–Crippen LogP) is 1.92. The first kappa shape index (κ1) is 12.3. The van der Waals surface area contributed by atoms with Crippen molar-refractivity contribution >= 4 is 0 Å². The van der Waals surface area contributed by atoms with E-state index in [1.807, 2.05) is 0 Å². The number of ether oxygens (including phenoxy) is 2. The van der Waals surface area contributed by atoms with Gasteiger partial charge in [-0.05, 0) is 17.7 Å². The molecule has 1 aromatic carbocycles. The normalized spacial score (nSPS) is 27.6. The van der Waals surface area contributed by atoms with Gasteiger partial charge in [-0.25, -0.2) is 4.39 Å². The molecule has 17 heavy (non-hydrogen) atoms. The Hall–Kier alpha value is -1.13. The number of methoxy groups -OCH3 is 2. The van der Waals surface area contributed by atoms with Crippen LogP contribution in [0.25, 0.3) is 0 Å². The standard InChI is InChI=1S/C13H17FO3/c1-16-10-7-13(15,8-10)6-9-3-4-12(17-2)11(14)5-9/h3-5,10,15H,6-8H2,1-2H3. The zero-order valence-electron chi connectivity index (χ0n) is 10.1. The molecule has 0 saturated heterocycles. The Kier molecular flexibility index (Phi) is 3.35. The van der Waals surface area contributed by atoms with Crippen LogP contribution in [-0.4, -0.2) is 31.0 Å². The fourth-order valence-corrected chi connectivity index (χ4v) is 2.30. The average Bonchev–Trinajstić information content (AvgIpc) is 2.26. The van der Waals surface area contributed by atoms with Gasteiger partial charge in [-0.3, -0.25) is 0 Å². The summed E-state index contributed by atoms with van der Waals surface area (Å²) in [6.45, 7) is 0. The largest absolute Gasteiger partial charge is 0.494 e. The van der Waals surface area contributed by atoms with E-state index in [4.69, 9.17) is 9.47 Å². The second-order valence-corrected chi connectivity index (χ2v) is 4.64. The highest BCUT2D eigenvalue weighted by atomic mass is 19.1. The summed E-state index contributed by atoms with van der Waals surface area (Å²) in [7, 11) is 3.07. The Labute approximate surface area is 100 Å². The first-order valence-electron chi connectivity index (χ1n) is 5.64. The summed E-state index contributed by atoms with van der Waals surface area (Å²) in [6.07, 6.45) is 1.80. The molecule has 0 aliphatic heterocycles. The molecule has 0 atom stereocenters.